The highest BCUT2D eigenvalue weighted by Crippen LogP contribution is 2.53. The van der Waals surface area contributed by atoms with Crippen molar-refractivity contribution >= 4 is 5.91 Å². The first kappa shape index (κ1) is 22.0. The summed E-state index contributed by atoms with van der Waals surface area (Å²) in [5, 5.41) is 21.2. The zero-order chi connectivity index (χ0) is 23.0. The molecule has 172 valence electrons. The van der Waals surface area contributed by atoms with Gasteiger partial charge in [0.05, 0.1) is 33.4 Å². The van der Waals surface area contributed by atoms with Crippen LogP contribution < -0.4 is 35.0 Å². The first-order valence-corrected chi connectivity index (χ1v) is 10.0. The summed E-state index contributed by atoms with van der Waals surface area (Å²) in [6.45, 7) is -0.382. The van der Waals surface area contributed by atoms with E-state index >= 15 is 0 Å². The Morgan fingerprint density at radius 3 is 2.16 bits per heavy atom. The summed E-state index contributed by atoms with van der Waals surface area (Å²) in [7, 11) is 4.50. The lowest BCUT2D eigenvalue weighted by Crippen LogP contribution is -2.47. The SMILES string of the molecule is COc1cc([C@@H]2c3cc4c(cc3[C@H](O)C(CO)C2C(=O)NN)OCO4)cc(OC)c1OC. The standard InChI is InChI=1S/C22H26N2O8/c1-28-16-4-10(5-17(29-2)21(16)30-3)18-11-6-14-15(32-9-31-14)7-12(11)20(26)13(8-25)19(18)22(27)24-23/h4-7,13,18-20,25-26H,8-9,23H2,1-3H3,(H,24,27)/t13?,18-,19?,20+/m1/s1. The third kappa shape index (κ3) is 3.36. The zero-order valence-corrected chi connectivity index (χ0v) is 18.0. The van der Waals surface area contributed by atoms with Gasteiger partial charge in [-0.1, -0.05) is 0 Å². The summed E-state index contributed by atoms with van der Waals surface area (Å²) in [5.74, 6) is 4.85. The van der Waals surface area contributed by atoms with Gasteiger partial charge in [0.25, 0.3) is 0 Å². The highest BCUT2D eigenvalue weighted by molar-refractivity contribution is 5.81. The van der Waals surface area contributed by atoms with Crippen LogP contribution in [-0.2, 0) is 4.79 Å². The number of hydrazine groups is 1. The van der Waals surface area contributed by atoms with Crippen molar-refractivity contribution in [3.8, 4) is 28.7 Å². The lowest BCUT2D eigenvalue weighted by atomic mass is 9.65. The summed E-state index contributed by atoms with van der Waals surface area (Å²) >= 11 is 0. The first-order valence-electron chi connectivity index (χ1n) is 10.0. The quantitative estimate of drug-likeness (QED) is 0.288. The van der Waals surface area contributed by atoms with Crippen molar-refractivity contribution in [1.29, 1.82) is 0 Å². The number of methoxy groups -OCH3 is 3. The van der Waals surface area contributed by atoms with Crippen LogP contribution in [0.2, 0.25) is 0 Å². The van der Waals surface area contributed by atoms with E-state index in [0.717, 1.165) is 0 Å². The van der Waals surface area contributed by atoms with E-state index in [1.807, 2.05) is 0 Å². The van der Waals surface area contributed by atoms with Gasteiger partial charge in [0.15, 0.2) is 23.0 Å². The lowest BCUT2D eigenvalue weighted by molar-refractivity contribution is -0.131. The molecular formula is C22H26N2O8. The van der Waals surface area contributed by atoms with E-state index < -0.39 is 36.4 Å². The van der Waals surface area contributed by atoms with E-state index in [2.05, 4.69) is 5.43 Å². The second-order valence-corrected chi connectivity index (χ2v) is 7.60. The highest BCUT2D eigenvalue weighted by Gasteiger charge is 2.47. The van der Waals surface area contributed by atoms with Crippen molar-refractivity contribution in [2.45, 2.75) is 12.0 Å². The number of hydrogen-bond donors (Lipinski definition) is 4. The van der Waals surface area contributed by atoms with Gasteiger partial charge in [-0.2, -0.15) is 0 Å². The molecular weight excluding hydrogens is 420 g/mol. The molecule has 2 aromatic carbocycles. The average Bonchev–Trinajstić information content (AvgIpc) is 3.28. The molecule has 0 radical (unpaired) electrons. The largest absolute Gasteiger partial charge is 0.493 e. The van der Waals surface area contributed by atoms with Crippen LogP contribution in [0.4, 0.5) is 0 Å². The number of nitrogens with two attached hydrogens (primary N) is 1. The Labute approximate surface area is 184 Å². The second kappa shape index (κ2) is 8.73. The van der Waals surface area contributed by atoms with Crippen LogP contribution in [0.15, 0.2) is 24.3 Å². The Balaban J connectivity index is 1.99. The molecule has 0 bridgehead atoms. The minimum atomic E-state index is -1.12. The third-order valence-corrected chi connectivity index (χ3v) is 6.16. The second-order valence-electron chi connectivity index (χ2n) is 7.60. The molecule has 2 aliphatic rings. The van der Waals surface area contributed by atoms with Crippen LogP contribution in [-0.4, -0.2) is 50.8 Å². The molecule has 32 heavy (non-hydrogen) atoms. The summed E-state index contributed by atoms with van der Waals surface area (Å²) in [6, 6.07) is 6.91. The average molecular weight is 446 g/mol. The maximum atomic E-state index is 12.9. The van der Waals surface area contributed by atoms with Crippen LogP contribution in [0.3, 0.4) is 0 Å². The van der Waals surface area contributed by atoms with Crippen molar-refractivity contribution in [1.82, 2.24) is 5.43 Å². The fourth-order valence-electron chi connectivity index (χ4n) is 4.69. The Morgan fingerprint density at radius 2 is 1.66 bits per heavy atom. The highest BCUT2D eigenvalue weighted by atomic mass is 16.7. The van der Waals surface area contributed by atoms with Gasteiger partial charge in [0.2, 0.25) is 18.4 Å². The molecule has 0 saturated heterocycles. The maximum Gasteiger partial charge on any atom is 0.238 e. The molecule has 5 N–H and O–H groups in total. The molecule has 1 aliphatic heterocycles. The fraction of sp³-hybridized carbons (Fsp3) is 0.409. The number of fused-ring (bicyclic) bond motifs is 2. The molecule has 10 heteroatoms. The maximum absolute atomic E-state index is 12.9. The smallest absolute Gasteiger partial charge is 0.238 e. The molecule has 0 saturated carbocycles. The predicted octanol–water partition coefficient (Wildman–Crippen LogP) is 0.835. The van der Waals surface area contributed by atoms with E-state index in [9.17, 15) is 15.0 Å². The topological polar surface area (TPSA) is 142 Å². The number of aliphatic hydroxyl groups is 2. The van der Waals surface area contributed by atoms with E-state index in [1.165, 1.54) is 21.3 Å². The van der Waals surface area contributed by atoms with E-state index in [-0.39, 0.29) is 6.79 Å². The number of nitrogens with one attached hydrogen (secondary N) is 1. The number of benzene rings is 2. The van der Waals surface area contributed by atoms with Crippen LogP contribution >= 0.6 is 0 Å². The number of carbonyl (C=O) groups excluding carboxylic acids is 1. The van der Waals surface area contributed by atoms with Gasteiger partial charge in [-0.15, -0.1) is 0 Å². The molecule has 10 nitrogen and oxygen atoms in total. The molecule has 4 atom stereocenters. The molecule has 2 unspecified atom stereocenters. The number of hydrogen-bond acceptors (Lipinski definition) is 9. The van der Waals surface area contributed by atoms with Crippen LogP contribution in [0, 0.1) is 11.8 Å². The molecule has 1 heterocycles. The normalized spacial score (nSPS) is 23.3. The van der Waals surface area contributed by atoms with Crippen molar-refractivity contribution in [2.75, 3.05) is 34.7 Å². The Morgan fingerprint density at radius 1 is 1.06 bits per heavy atom. The minimum Gasteiger partial charge on any atom is -0.493 e. The minimum absolute atomic E-state index is 0.0549. The van der Waals surface area contributed by atoms with Crippen LogP contribution in [0.25, 0.3) is 0 Å². The lowest BCUT2D eigenvalue weighted by Gasteiger charge is -2.41. The van der Waals surface area contributed by atoms with Gasteiger partial charge >= 0.3 is 0 Å². The van der Waals surface area contributed by atoms with Gasteiger partial charge in [0, 0.05) is 18.4 Å². The molecule has 1 aliphatic carbocycles. The fourth-order valence-corrected chi connectivity index (χ4v) is 4.69. The van der Waals surface area contributed by atoms with Crippen LogP contribution in [0.5, 0.6) is 28.7 Å². The van der Waals surface area contributed by atoms with Gasteiger partial charge in [-0.05, 0) is 41.0 Å². The molecule has 0 aromatic heterocycles. The molecule has 4 rings (SSSR count). The van der Waals surface area contributed by atoms with Crippen molar-refractivity contribution in [3.63, 3.8) is 0 Å². The van der Waals surface area contributed by atoms with Gasteiger partial charge in [-0.25, -0.2) is 5.84 Å². The summed E-state index contributed by atoms with van der Waals surface area (Å²) in [5.41, 5.74) is 4.01. The monoisotopic (exact) mass is 446 g/mol. The third-order valence-electron chi connectivity index (χ3n) is 6.16. The predicted molar refractivity (Wildman–Crippen MR) is 112 cm³/mol. The number of rotatable bonds is 6. The first-order chi connectivity index (χ1) is 15.5. The summed E-state index contributed by atoms with van der Waals surface area (Å²) in [6.07, 6.45) is -1.12. The Kier molecular flexibility index (Phi) is 6.00. The number of aliphatic hydroxyl groups excluding tert-OH is 2. The van der Waals surface area contributed by atoms with Gasteiger partial charge in [-0.3, -0.25) is 10.2 Å². The van der Waals surface area contributed by atoms with Crippen LogP contribution in [0.1, 0.15) is 28.7 Å². The summed E-state index contributed by atoms with van der Waals surface area (Å²) < 4.78 is 27.4. The van der Waals surface area contributed by atoms with E-state index in [0.29, 0.717) is 45.4 Å². The summed E-state index contributed by atoms with van der Waals surface area (Å²) in [4.78, 5) is 12.9. The number of amides is 1. The van der Waals surface area contributed by atoms with Crippen molar-refractivity contribution in [3.05, 3.63) is 41.0 Å². The molecule has 0 spiro atoms. The van der Waals surface area contributed by atoms with E-state index in [4.69, 9.17) is 29.5 Å². The Bertz CT molecular complexity index is 1000. The van der Waals surface area contributed by atoms with Crippen molar-refractivity contribution < 1.29 is 38.7 Å². The molecule has 2 aromatic rings. The Hall–Kier alpha value is -3.21. The van der Waals surface area contributed by atoms with Crippen molar-refractivity contribution in [2.24, 2.45) is 17.7 Å². The van der Waals surface area contributed by atoms with Gasteiger partial charge in [0.1, 0.15) is 0 Å². The number of ether oxygens (including phenoxy) is 5. The van der Waals surface area contributed by atoms with E-state index in [1.54, 1.807) is 24.3 Å². The molecule has 0 fully saturated rings. The van der Waals surface area contributed by atoms with Gasteiger partial charge < -0.3 is 33.9 Å². The number of carbonyl (C=O) groups is 1. The molecule has 1 amide bonds. The zero-order valence-electron chi connectivity index (χ0n) is 18.0.